The minimum atomic E-state index is -0.320. The predicted molar refractivity (Wildman–Crippen MR) is 131 cm³/mol. The first-order chi connectivity index (χ1) is 16.7. The number of allylic oxidation sites excluding steroid dienone is 2. The van der Waals surface area contributed by atoms with Crippen molar-refractivity contribution in [3.05, 3.63) is 95.5 Å². The molecule has 0 saturated carbocycles. The van der Waals surface area contributed by atoms with E-state index in [-0.39, 0.29) is 11.7 Å². The fraction of sp³-hybridized carbons (Fsp3) is 0.179. The molecule has 4 aromatic rings. The molecule has 0 radical (unpaired) electrons. The molecule has 2 aliphatic rings. The van der Waals surface area contributed by atoms with Crippen LogP contribution in [0.1, 0.15) is 36.3 Å². The van der Waals surface area contributed by atoms with Crippen molar-refractivity contribution in [3.8, 4) is 11.6 Å². The van der Waals surface area contributed by atoms with Gasteiger partial charge in [0.15, 0.2) is 5.78 Å². The summed E-state index contributed by atoms with van der Waals surface area (Å²) >= 11 is 0. The van der Waals surface area contributed by atoms with Crippen molar-refractivity contribution in [2.24, 2.45) is 0 Å². The lowest BCUT2D eigenvalue weighted by Gasteiger charge is -2.33. The van der Waals surface area contributed by atoms with E-state index in [1.54, 1.807) is 7.11 Å². The molecule has 6 heteroatoms. The molecule has 2 heterocycles. The molecule has 34 heavy (non-hydrogen) atoms. The SMILES string of the molecule is COc1ccc(Nc2ncnc3c2C(c2cccc4ccccc24)C2=C(CCCC2=O)O3)cc1. The molecule has 0 bridgehead atoms. The molecular weight excluding hydrogens is 426 g/mol. The number of ether oxygens (including phenoxy) is 2. The molecular formula is C28H23N3O3. The molecule has 3 aromatic carbocycles. The number of nitrogens with zero attached hydrogens (tertiary/aromatic N) is 2. The van der Waals surface area contributed by atoms with Crippen LogP contribution in [-0.4, -0.2) is 22.9 Å². The number of anilines is 2. The monoisotopic (exact) mass is 449 g/mol. The van der Waals surface area contributed by atoms with E-state index in [0.717, 1.165) is 57.5 Å². The van der Waals surface area contributed by atoms with Gasteiger partial charge >= 0.3 is 0 Å². The Balaban J connectivity index is 1.56. The van der Waals surface area contributed by atoms with Gasteiger partial charge < -0.3 is 14.8 Å². The van der Waals surface area contributed by atoms with Crippen molar-refractivity contribution in [1.82, 2.24) is 9.97 Å². The van der Waals surface area contributed by atoms with Gasteiger partial charge in [-0.1, -0.05) is 42.5 Å². The predicted octanol–water partition coefficient (Wildman–Crippen LogP) is 5.91. The molecule has 0 amide bonds. The van der Waals surface area contributed by atoms with Crippen LogP contribution in [0.15, 0.2) is 84.4 Å². The maximum absolute atomic E-state index is 13.3. The third-order valence-corrected chi connectivity index (χ3v) is 6.54. The van der Waals surface area contributed by atoms with E-state index in [1.165, 1.54) is 6.33 Å². The molecule has 1 N–H and O–H groups in total. The van der Waals surface area contributed by atoms with Crippen molar-refractivity contribution in [1.29, 1.82) is 0 Å². The Kier molecular flexibility index (Phi) is 4.99. The number of Topliss-reactive ketones (excluding diaryl/α,β-unsaturated/α-hetero) is 1. The van der Waals surface area contributed by atoms with Crippen LogP contribution in [-0.2, 0) is 4.79 Å². The summed E-state index contributed by atoms with van der Waals surface area (Å²) < 4.78 is 11.5. The number of ketones is 1. The number of carbonyl (C=O) groups excluding carboxylic acids is 1. The summed E-state index contributed by atoms with van der Waals surface area (Å²) in [6.07, 6.45) is 3.54. The van der Waals surface area contributed by atoms with E-state index in [4.69, 9.17) is 9.47 Å². The number of fused-ring (bicyclic) bond motifs is 2. The number of carbonyl (C=O) groups is 1. The molecule has 168 valence electrons. The molecule has 1 aromatic heterocycles. The first-order valence-electron chi connectivity index (χ1n) is 11.4. The van der Waals surface area contributed by atoms with Gasteiger partial charge in [-0.25, -0.2) is 9.97 Å². The van der Waals surface area contributed by atoms with Crippen LogP contribution >= 0.6 is 0 Å². The first-order valence-corrected chi connectivity index (χ1v) is 11.4. The zero-order chi connectivity index (χ0) is 23.1. The minimum Gasteiger partial charge on any atom is -0.497 e. The Morgan fingerprint density at radius 1 is 0.971 bits per heavy atom. The van der Waals surface area contributed by atoms with Gasteiger partial charge in [-0.15, -0.1) is 0 Å². The lowest BCUT2D eigenvalue weighted by atomic mass is 9.76. The van der Waals surface area contributed by atoms with Crippen LogP contribution < -0.4 is 14.8 Å². The topological polar surface area (TPSA) is 73.3 Å². The van der Waals surface area contributed by atoms with Gasteiger partial charge in [0.05, 0.1) is 18.6 Å². The number of hydrogen-bond acceptors (Lipinski definition) is 6. The van der Waals surface area contributed by atoms with E-state index in [0.29, 0.717) is 18.1 Å². The fourth-order valence-electron chi connectivity index (χ4n) is 4.97. The average Bonchev–Trinajstić information content (AvgIpc) is 2.88. The highest BCUT2D eigenvalue weighted by atomic mass is 16.5. The summed E-state index contributed by atoms with van der Waals surface area (Å²) in [5.74, 6) is 2.43. The van der Waals surface area contributed by atoms with E-state index in [1.807, 2.05) is 42.5 Å². The maximum Gasteiger partial charge on any atom is 0.228 e. The lowest BCUT2D eigenvalue weighted by Crippen LogP contribution is -2.27. The standard InChI is InChI=1S/C28H23N3O3/c1-33-19-14-12-18(13-15-19)31-27-26-24(21-9-4-7-17-6-2-3-8-20(17)21)25-22(32)10-5-11-23(25)34-28(26)30-16-29-27/h2-4,6-9,12-16,24H,5,10-11H2,1H3,(H,29,30,31). The van der Waals surface area contributed by atoms with Gasteiger partial charge in [-0.05, 0) is 47.0 Å². The van der Waals surface area contributed by atoms with Crippen LogP contribution in [0.3, 0.4) is 0 Å². The quantitative estimate of drug-likeness (QED) is 0.417. The van der Waals surface area contributed by atoms with Crippen molar-refractivity contribution in [2.45, 2.75) is 25.2 Å². The largest absolute Gasteiger partial charge is 0.497 e. The van der Waals surface area contributed by atoms with Crippen LogP contribution in [0.25, 0.3) is 10.8 Å². The Morgan fingerprint density at radius 2 is 1.79 bits per heavy atom. The number of hydrogen-bond donors (Lipinski definition) is 1. The molecule has 1 aliphatic heterocycles. The Hall–Kier alpha value is -4.19. The number of methoxy groups -OCH3 is 1. The van der Waals surface area contributed by atoms with Gasteiger partial charge in [-0.3, -0.25) is 4.79 Å². The summed E-state index contributed by atoms with van der Waals surface area (Å²) in [7, 11) is 1.64. The van der Waals surface area contributed by atoms with E-state index >= 15 is 0 Å². The Morgan fingerprint density at radius 3 is 2.65 bits per heavy atom. The first kappa shape index (κ1) is 20.4. The highest BCUT2D eigenvalue weighted by Crippen LogP contribution is 2.49. The summed E-state index contributed by atoms with van der Waals surface area (Å²) in [5, 5.41) is 5.65. The van der Waals surface area contributed by atoms with Crippen LogP contribution in [0.4, 0.5) is 11.5 Å². The second-order valence-corrected chi connectivity index (χ2v) is 8.51. The molecule has 1 atom stereocenters. The summed E-state index contributed by atoms with van der Waals surface area (Å²) in [5.41, 5.74) is 3.41. The van der Waals surface area contributed by atoms with Crippen molar-refractivity contribution in [2.75, 3.05) is 12.4 Å². The number of nitrogens with one attached hydrogen (secondary N) is 1. The zero-order valence-corrected chi connectivity index (χ0v) is 18.7. The Labute approximate surface area is 197 Å². The van der Waals surface area contributed by atoms with Gasteiger partial charge in [0.1, 0.15) is 23.7 Å². The van der Waals surface area contributed by atoms with Crippen molar-refractivity contribution in [3.63, 3.8) is 0 Å². The molecule has 1 unspecified atom stereocenters. The summed E-state index contributed by atoms with van der Waals surface area (Å²) in [6.45, 7) is 0. The molecule has 6 nitrogen and oxygen atoms in total. The third-order valence-electron chi connectivity index (χ3n) is 6.54. The second kappa shape index (κ2) is 8.30. The molecule has 0 saturated heterocycles. The Bertz CT molecular complexity index is 1440. The summed E-state index contributed by atoms with van der Waals surface area (Å²) in [4.78, 5) is 22.3. The highest BCUT2D eigenvalue weighted by Gasteiger charge is 2.40. The van der Waals surface area contributed by atoms with Gasteiger partial charge in [0, 0.05) is 24.1 Å². The second-order valence-electron chi connectivity index (χ2n) is 8.51. The van der Waals surface area contributed by atoms with Gasteiger partial charge in [0.25, 0.3) is 0 Å². The van der Waals surface area contributed by atoms with Crippen LogP contribution in [0.5, 0.6) is 11.6 Å². The molecule has 6 rings (SSSR count). The normalized spacial score (nSPS) is 17.1. The number of rotatable bonds is 4. The molecule has 1 aliphatic carbocycles. The minimum absolute atomic E-state index is 0.129. The van der Waals surface area contributed by atoms with E-state index in [2.05, 4.69) is 39.6 Å². The van der Waals surface area contributed by atoms with Crippen molar-refractivity contribution < 1.29 is 14.3 Å². The molecule has 0 fully saturated rings. The van der Waals surface area contributed by atoms with Gasteiger partial charge in [0.2, 0.25) is 5.88 Å². The van der Waals surface area contributed by atoms with Gasteiger partial charge in [-0.2, -0.15) is 0 Å². The number of benzene rings is 3. The van der Waals surface area contributed by atoms with E-state index < -0.39 is 0 Å². The zero-order valence-electron chi connectivity index (χ0n) is 18.7. The third kappa shape index (κ3) is 3.39. The average molecular weight is 450 g/mol. The van der Waals surface area contributed by atoms with E-state index in [9.17, 15) is 4.79 Å². The number of aromatic nitrogens is 2. The van der Waals surface area contributed by atoms with Crippen molar-refractivity contribution >= 4 is 28.1 Å². The van der Waals surface area contributed by atoms with Crippen LogP contribution in [0.2, 0.25) is 0 Å². The fourth-order valence-corrected chi connectivity index (χ4v) is 4.97. The smallest absolute Gasteiger partial charge is 0.228 e. The maximum atomic E-state index is 13.3. The highest BCUT2D eigenvalue weighted by molar-refractivity contribution is 6.01. The molecule has 0 spiro atoms. The summed E-state index contributed by atoms with van der Waals surface area (Å²) in [6, 6.07) is 22.1. The van der Waals surface area contributed by atoms with Crippen LogP contribution in [0, 0.1) is 0 Å². The lowest BCUT2D eigenvalue weighted by molar-refractivity contribution is -0.116.